The third-order valence-electron chi connectivity index (χ3n) is 11.5. The van der Waals surface area contributed by atoms with Crippen molar-refractivity contribution in [2.45, 2.75) is 126 Å². The van der Waals surface area contributed by atoms with Gasteiger partial charge in [-0.25, -0.2) is 8.78 Å². The highest BCUT2D eigenvalue weighted by atomic mass is 19.1. The van der Waals surface area contributed by atoms with Crippen molar-refractivity contribution in [2.24, 2.45) is 11.5 Å². The van der Waals surface area contributed by atoms with Crippen LogP contribution in [0.15, 0.2) is 24.3 Å². The molecule has 4 N–H and O–H groups in total. The summed E-state index contributed by atoms with van der Waals surface area (Å²) >= 11 is 0. The molecule has 0 saturated heterocycles. The zero-order valence-corrected chi connectivity index (χ0v) is 26.5. The average Bonchev–Trinajstić information content (AvgIpc) is 2.93. The Balaban J connectivity index is 0.000000147. The molecule has 248 valence electrons. The number of halogens is 2. The van der Waals surface area contributed by atoms with Gasteiger partial charge in [-0.2, -0.15) is 0 Å². The minimum absolute atomic E-state index is 0.220. The lowest BCUT2D eigenvalue weighted by molar-refractivity contribution is -0.0194. The molecule has 2 atom stereocenters. The maximum Gasteiger partial charge on any atom is 0.249 e. The number of fused-ring (bicyclic) bond motifs is 2. The second-order valence-electron chi connectivity index (χ2n) is 14.1. The van der Waals surface area contributed by atoms with Crippen LogP contribution in [-0.4, -0.2) is 71.1 Å². The molecule has 2 amide bonds. The highest BCUT2D eigenvalue weighted by Gasteiger charge is 2.42. The molecule has 4 aliphatic carbocycles. The van der Waals surface area contributed by atoms with Gasteiger partial charge in [0.1, 0.15) is 13.2 Å². The molecule has 0 aromatic heterocycles. The lowest BCUT2D eigenvalue weighted by Gasteiger charge is -2.51. The molecular formula is C36H46F2N4O4. The molecule has 2 aliphatic heterocycles. The molecule has 8 nitrogen and oxygen atoms in total. The fourth-order valence-electron chi connectivity index (χ4n) is 8.24. The van der Waals surface area contributed by atoms with Crippen LogP contribution in [0.4, 0.5) is 8.78 Å². The summed E-state index contributed by atoms with van der Waals surface area (Å²) < 4.78 is 39.6. The standard InChI is InChI=1S/2C18H23FN2O2/c2*19-16-8-7-14(18(20)22)15-9-13(10-23-17(15)16)21(11-3-1-4-11)12-5-2-6-12/h2*7-8,11-13H,1-6,9-10H2,(H2,20,22)/t2*13-/m11/s1. The van der Waals surface area contributed by atoms with Crippen LogP contribution in [0, 0.1) is 11.6 Å². The summed E-state index contributed by atoms with van der Waals surface area (Å²) in [6.07, 6.45) is 16.4. The molecule has 0 spiro atoms. The number of amides is 2. The molecule has 2 aromatic rings. The Morgan fingerprint density at radius 1 is 0.565 bits per heavy atom. The molecule has 8 rings (SSSR count). The number of hydrogen-bond donors (Lipinski definition) is 2. The molecule has 2 heterocycles. The van der Waals surface area contributed by atoms with Gasteiger partial charge in [0, 0.05) is 58.5 Å². The Morgan fingerprint density at radius 2 is 0.891 bits per heavy atom. The van der Waals surface area contributed by atoms with Gasteiger partial charge in [0.15, 0.2) is 23.1 Å². The number of ether oxygens (including phenoxy) is 2. The maximum atomic E-state index is 14.0. The highest BCUT2D eigenvalue weighted by molar-refractivity contribution is 5.95. The van der Waals surface area contributed by atoms with Crippen LogP contribution >= 0.6 is 0 Å². The number of nitrogens with zero attached hydrogens (tertiary/aromatic N) is 2. The minimum Gasteiger partial charge on any atom is -0.489 e. The third-order valence-corrected chi connectivity index (χ3v) is 11.5. The van der Waals surface area contributed by atoms with Crippen molar-refractivity contribution >= 4 is 11.8 Å². The van der Waals surface area contributed by atoms with Crippen LogP contribution in [0.1, 0.15) is 109 Å². The van der Waals surface area contributed by atoms with Gasteiger partial charge in [-0.05, 0) is 88.5 Å². The highest BCUT2D eigenvalue weighted by Crippen LogP contribution is 2.41. The van der Waals surface area contributed by atoms with E-state index in [1.165, 1.54) is 101 Å². The Labute approximate surface area is 269 Å². The van der Waals surface area contributed by atoms with E-state index in [1.807, 2.05) is 0 Å². The summed E-state index contributed by atoms with van der Waals surface area (Å²) in [5.74, 6) is -1.38. The van der Waals surface area contributed by atoms with Crippen molar-refractivity contribution in [2.75, 3.05) is 13.2 Å². The monoisotopic (exact) mass is 636 g/mol. The van der Waals surface area contributed by atoms with Crippen molar-refractivity contribution in [3.63, 3.8) is 0 Å². The Hall–Kier alpha value is -3.24. The number of hydrogen-bond acceptors (Lipinski definition) is 6. The van der Waals surface area contributed by atoms with E-state index in [1.54, 1.807) is 0 Å². The van der Waals surface area contributed by atoms with E-state index in [0.29, 0.717) is 72.5 Å². The van der Waals surface area contributed by atoms with Gasteiger partial charge in [-0.3, -0.25) is 19.4 Å². The lowest BCUT2D eigenvalue weighted by atomic mass is 9.82. The first kappa shape index (κ1) is 31.4. The molecule has 2 aromatic carbocycles. The van der Waals surface area contributed by atoms with Crippen molar-refractivity contribution in [3.8, 4) is 11.5 Å². The quantitative estimate of drug-likeness (QED) is 0.409. The first-order chi connectivity index (χ1) is 22.3. The van der Waals surface area contributed by atoms with Crippen LogP contribution in [0.2, 0.25) is 0 Å². The van der Waals surface area contributed by atoms with Crippen LogP contribution < -0.4 is 20.9 Å². The predicted octanol–water partition coefficient (Wildman–Crippen LogP) is 5.27. The predicted molar refractivity (Wildman–Crippen MR) is 170 cm³/mol. The Morgan fingerprint density at radius 3 is 1.15 bits per heavy atom. The second-order valence-corrected chi connectivity index (χ2v) is 14.1. The molecule has 0 radical (unpaired) electrons. The largest absolute Gasteiger partial charge is 0.489 e. The van der Waals surface area contributed by atoms with Gasteiger partial charge in [-0.1, -0.05) is 25.7 Å². The molecule has 10 heteroatoms. The van der Waals surface area contributed by atoms with Gasteiger partial charge < -0.3 is 20.9 Å². The second kappa shape index (κ2) is 13.1. The van der Waals surface area contributed by atoms with Gasteiger partial charge in [0.25, 0.3) is 0 Å². The van der Waals surface area contributed by atoms with Crippen LogP contribution in [0.3, 0.4) is 0 Å². The number of rotatable bonds is 8. The summed E-state index contributed by atoms with van der Waals surface area (Å²) in [5, 5.41) is 0. The smallest absolute Gasteiger partial charge is 0.249 e. The van der Waals surface area contributed by atoms with Crippen LogP contribution in [-0.2, 0) is 12.8 Å². The summed E-state index contributed by atoms with van der Waals surface area (Å²) in [6.45, 7) is 0.998. The van der Waals surface area contributed by atoms with Crippen LogP contribution in [0.5, 0.6) is 11.5 Å². The molecule has 6 aliphatic rings. The third kappa shape index (κ3) is 5.87. The molecule has 4 saturated carbocycles. The van der Waals surface area contributed by atoms with Crippen molar-refractivity contribution < 1.29 is 27.8 Å². The van der Waals surface area contributed by atoms with E-state index in [-0.39, 0.29) is 23.6 Å². The van der Waals surface area contributed by atoms with E-state index in [4.69, 9.17) is 20.9 Å². The lowest BCUT2D eigenvalue weighted by Crippen LogP contribution is -2.57. The average molecular weight is 637 g/mol. The van der Waals surface area contributed by atoms with E-state index < -0.39 is 23.4 Å². The van der Waals surface area contributed by atoms with Crippen molar-refractivity contribution in [1.29, 1.82) is 0 Å². The number of carbonyl (C=O) groups is 2. The maximum absolute atomic E-state index is 14.0. The zero-order valence-electron chi connectivity index (χ0n) is 26.5. The summed E-state index contributed by atoms with van der Waals surface area (Å²) in [7, 11) is 0. The number of benzene rings is 2. The molecule has 4 fully saturated rings. The topological polar surface area (TPSA) is 111 Å². The number of nitrogens with two attached hydrogens (primary N) is 2. The summed E-state index contributed by atoms with van der Waals surface area (Å²) in [6, 6.07) is 8.46. The fourth-order valence-corrected chi connectivity index (χ4v) is 8.24. The van der Waals surface area contributed by atoms with E-state index in [9.17, 15) is 18.4 Å². The molecular weight excluding hydrogens is 590 g/mol. The molecule has 0 bridgehead atoms. The van der Waals surface area contributed by atoms with E-state index >= 15 is 0 Å². The van der Waals surface area contributed by atoms with Crippen LogP contribution in [0.25, 0.3) is 0 Å². The first-order valence-corrected chi connectivity index (χ1v) is 17.3. The van der Waals surface area contributed by atoms with Gasteiger partial charge in [-0.15, -0.1) is 0 Å². The normalized spacial score (nSPS) is 24.5. The summed E-state index contributed by atoms with van der Waals surface area (Å²) in [4.78, 5) is 28.6. The number of carbonyl (C=O) groups excluding carboxylic acids is 2. The SMILES string of the molecule is NC(=O)c1ccc(F)c2c1C[C@@H](N(C1CCC1)C1CCC1)CO2.NC(=O)c1ccc(F)c2c1C[C@@H](N(C1CCC1)C1CCC1)CO2. The zero-order chi connectivity index (χ0) is 31.9. The van der Waals surface area contributed by atoms with Gasteiger partial charge >= 0.3 is 0 Å². The van der Waals surface area contributed by atoms with Gasteiger partial charge in [0.2, 0.25) is 11.8 Å². The Kier molecular flexibility index (Phi) is 8.94. The van der Waals surface area contributed by atoms with Crippen molar-refractivity contribution in [1.82, 2.24) is 9.80 Å². The fraction of sp³-hybridized carbons (Fsp3) is 0.611. The van der Waals surface area contributed by atoms with Gasteiger partial charge in [0.05, 0.1) is 0 Å². The summed E-state index contributed by atoms with van der Waals surface area (Å²) in [5.41, 5.74) is 13.0. The Bertz CT molecular complexity index is 1330. The molecule has 0 unspecified atom stereocenters. The number of primary amides is 2. The first-order valence-electron chi connectivity index (χ1n) is 17.3. The molecule has 46 heavy (non-hydrogen) atoms. The minimum atomic E-state index is -0.510. The van der Waals surface area contributed by atoms with Crippen molar-refractivity contribution in [3.05, 3.63) is 58.2 Å². The van der Waals surface area contributed by atoms with E-state index in [2.05, 4.69) is 9.80 Å². The van der Waals surface area contributed by atoms with E-state index in [0.717, 1.165) is 0 Å².